The van der Waals surface area contributed by atoms with Crippen molar-refractivity contribution in [3.05, 3.63) is 24.2 Å². The third-order valence-corrected chi connectivity index (χ3v) is 2.37. The van der Waals surface area contributed by atoms with E-state index < -0.39 is 0 Å². The van der Waals surface area contributed by atoms with Gasteiger partial charge in [0.2, 0.25) is 0 Å². The Labute approximate surface area is 96.0 Å². The van der Waals surface area contributed by atoms with Crippen LogP contribution in [0.4, 0.5) is 0 Å². The number of ether oxygens (including phenoxy) is 1. The lowest BCUT2D eigenvalue weighted by molar-refractivity contribution is -0.140. The van der Waals surface area contributed by atoms with Crippen LogP contribution < -0.4 is 5.32 Å². The Morgan fingerprint density at radius 3 is 3.06 bits per heavy atom. The second kappa shape index (κ2) is 7.06. The molecule has 0 saturated heterocycles. The Bertz CT molecular complexity index is 295. The van der Waals surface area contributed by atoms with Crippen LogP contribution in [0.2, 0.25) is 0 Å². The number of nitrogens with one attached hydrogen (secondary N) is 1. The maximum Gasteiger partial charge on any atom is 0.305 e. The van der Waals surface area contributed by atoms with E-state index in [4.69, 9.17) is 4.42 Å². The van der Waals surface area contributed by atoms with Gasteiger partial charge in [0, 0.05) is 18.9 Å². The molecule has 4 heteroatoms. The van der Waals surface area contributed by atoms with Crippen molar-refractivity contribution in [3.63, 3.8) is 0 Å². The molecule has 1 rings (SSSR count). The van der Waals surface area contributed by atoms with E-state index in [-0.39, 0.29) is 5.97 Å². The van der Waals surface area contributed by atoms with Gasteiger partial charge in [-0.3, -0.25) is 4.79 Å². The highest BCUT2D eigenvalue weighted by Gasteiger charge is 2.05. The van der Waals surface area contributed by atoms with Crippen LogP contribution >= 0.6 is 0 Å². The first-order chi connectivity index (χ1) is 7.72. The van der Waals surface area contributed by atoms with Crippen LogP contribution in [0.5, 0.6) is 0 Å². The summed E-state index contributed by atoms with van der Waals surface area (Å²) in [5.41, 5.74) is 0. The van der Waals surface area contributed by atoms with Crippen molar-refractivity contribution >= 4 is 5.97 Å². The summed E-state index contributed by atoms with van der Waals surface area (Å²) in [4.78, 5) is 10.8. The van der Waals surface area contributed by atoms with Gasteiger partial charge in [0.25, 0.3) is 0 Å². The number of hydrogen-bond donors (Lipinski definition) is 1. The molecule has 0 spiro atoms. The van der Waals surface area contributed by atoms with Crippen LogP contribution in [-0.2, 0) is 16.0 Å². The third-order valence-electron chi connectivity index (χ3n) is 2.37. The number of furan rings is 1. The van der Waals surface area contributed by atoms with E-state index in [9.17, 15) is 4.79 Å². The molecule has 1 N–H and O–H groups in total. The second-order valence-corrected chi connectivity index (χ2v) is 3.82. The molecule has 4 nitrogen and oxygen atoms in total. The van der Waals surface area contributed by atoms with Crippen LogP contribution in [0.1, 0.15) is 25.5 Å². The van der Waals surface area contributed by atoms with Crippen molar-refractivity contribution in [1.82, 2.24) is 5.32 Å². The van der Waals surface area contributed by atoms with Crippen molar-refractivity contribution in [2.75, 3.05) is 13.7 Å². The molecule has 1 unspecified atom stereocenters. The lowest BCUT2D eigenvalue weighted by Crippen LogP contribution is -2.29. The van der Waals surface area contributed by atoms with E-state index in [0.717, 1.165) is 25.1 Å². The second-order valence-electron chi connectivity index (χ2n) is 3.82. The van der Waals surface area contributed by atoms with Gasteiger partial charge in [-0.1, -0.05) is 0 Å². The van der Waals surface area contributed by atoms with E-state index in [1.165, 1.54) is 7.11 Å². The predicted octanol–water partition coefficient (Wildman–Crippen LogP) is 1.75. The average molecular weight is 225 g/mol. The van der Waals surface area contributed by atoms with E-state index in [0.29, 0.717) is 12.5 Å². The van der Waals surface area contributed by atoms with Gasteiger partial charge in [-0.2, -0.15) is 0 Å². The average Bonchev–Trinajstić information content (AvgIpc) is 2.76. The number of rotatable bonds is 7. The zero-order valence-electron chi connectivity index (χ0n) is 9.86. The molecule has 0 saturated carbocycles. The minimum Gasteiger partial charge on any atom is -0.469 e. The lowest BCUT2D eigenvalue weighted by atomic mass is 10.2. The van der Waals surface area contributed by atoms with Gasteiger partial charge in [-0.25, -0.2) is 0 Å². The normalized spacial score (nSPS) is 12.4. The highest BCUT2D eigenvalue weighted by Crippen LogP contribution is 2.03. The Balaban J connectivity index is 2.06. The fraction of sp³-hybridized carbons (Fsp3) is 0.583. The molecule has 90 valence electrons. The zero-order valence-corrected chi connectivity index (χ0v) is 9.86. The number of carbonyl (C=O) groups excluding carboxylic acids is 1. The van der Waals surface area contributed by atoms with Crippen molar-refractivity contribution in [3.8, 4) is 0 Å². The summed E-state index contributed by atoms with van der Waals surface area (Å²) in [5.74, 6) is 0.827. The Kier molecular flexibility index (Phi) is 5.64. The number of esters is 1. The van der Waals surface area contributed by atoms with E-state index in [1.54, 1.807) is 6.26 Å². The molecule has 0 bridgehead atoms. The number of methoxy groups -OCH3 is 1. The fourth-order valence-electron chi connectivity index (χ4n) is 1.49. The maximum atomic E-state index is 10.8. The molecule has 0 aliphatic carbocycles. The summed E-state index contributed by atoms with van der Waals surface area (Å²) in [7, 11) is 1.41. The molecule has 1 heterocycles. The molecule has 0 amide bonds. The van der Waals surface area contributed by atoms with Crippen molar-refractivity contribution in [2.45, 2.75) is 32.2 Å². The molecule has 1 aromatic heterocycles. The Morgan fingerprint density at radius 1 is 1.62 bits per heavy atom. The first-order valence-electron chi connectivity index (χ1n) is 5.55. The summed E-state index contributed by atoms with van der Waals surface area (Å²) >= 11 is 0. The molecule has 0 aliphatic heterocycles. The lowest BCUT2D eigenvalue weighted by Gasteiger charge is -2.11. The molecular formula is C12H19NO3. The molecule has 1 atom stereocenters. The highest BCUT2D eigenvalue weighted by molar-refractivity contribution is 5.69. The summed E-state index contributed by atoms with van der Waals surface area (Å²) in [5, 5.41) is 3.33. The Morgan fingerprint density at radius 2 is 2.44 bits per heavy atom. The van der Waals surface area contributed by atoms with Gasteiger partial charge in [-0.15, -0.1) is 0 Å². The van der Waals surface area contributed by atoms with Gasteiger partial charge in [0.1, 0.15) is 5.76 Å². The van der Waals surface area contributed by atoms with Crippen LogP contribution in [0.25, 0.3) is 0 Å². The largest absolute Gasteiger partial charge is 0.469 e. The first kappa shape index (κ1) is 12.8. The van der Waals surface area contributed by atoms with Gasteiger partial charge in [0.15, 0.2) is 0 Å². The summed E-state index contributed by atoms with van der Waals surface area (Å²) in [6, 6.07) is 4.20. The molecular weight excluding hydrogens is 206 g/mol. The monoisotopic (exact) mass is 225 g/mol. The molecule has 0 aromatic carbocycles. The standard InChI is InChI=1S/C12H19NO3/c1-10(9-11-5-4-8-16-11)13-7-3-6-12(14)15-2/h4-5,8,10,13H,3,6-7,9H2,1-2H3. The first-order valence-corrected chi connectivity index (χ1v) is 5.55. The summed E-state index contributed by atoms with van der Waals surface area (Å²) in [6.07, 6.45) is 3.82. The van der Waals surface area contributed by atoms with E-state index in [1.807, 2.05) is 12.1 Å². The van der Waals surface area contributed by atoms with Gasteiger partial charge in [-0.05, 0) is 32.0 Å². The molecule has 16 heavy (non-hydrogen) atoms. The topological polar surface area (TPSA) is 51.5 Å². The fourth-order valence-corrected chi connectivity index (χ4v) is 1.49. The molecule has 1 aromatic rings. The number of hydrogen-bond acceptors (Lipinski definition) is 4. The third kappa shape index (κ3) is 4.98. The molecule has 0 fully saturated rings. The van der Waals surface area contributed by atoms with Crippen LogP contribution in [0.15, 0.2) is 22.8 Å². The zero-order chi connectivity index (χ0) is 11.8. The summed E-state index contributed by atoms with van der Waals surface area (Å²) < 4.78 is 9.81. The van der Waals surface area contributed by atoms with Crippen LogP contribution in [-0.4, -0.2) is 25.7 Å². The quantitative estimate of drug-likeness (QED) is 0.567. The predicted molar refractivity (Wildman–Crippen MR) is 61.1 cm³/mol. The van der Waals surface area contributed by atoms with Gasteiger partial charge in [0.05, 0.1) is 13.4 Å². The maximum absolute atomic E-state index is 10.8. The van der Waals surface area contributed by atoms with Crippen molar-refractivity contribution in [1.29, 1.82) is 0 Å². The minimum absolute atomic E-state index is 0.152. The molecule has 0 aliphatic rings. The number of carbonyl (C=O) groups is 1. The van der Waals surface area contributed by atoms with Crippen molar-refractivity contribution in [2.24, 2.45) is 0 Å². The Hall–Kier alpha value is -1.29. The van der Waals surface area contributed by atoms with Crippen LogP contribution in [0.3, 0.4) is 0 Å². The minimum atomic E-state index is -0.152. The van der Waals surface area contributed by atoms with Crippen LogP contribution in [0, 0.1) is 0 Å². The SMILES string of the molecule is COC(=O)CCCNC(C)Cc1ccco1. The van der Waals surface area contributed by atoms with E-state index >= 15 is 0 Å². The molecule has 0 radical (unpaired) electrons. The van der Waals surface area contributed by atoms with Gasteiger partial charge >= 0.3 is 5.97 Å². The smallest absolute Gasteiger partial charge is 0.305 e. The highest BCUT2D eigenvalue weighted by atomic mass is 16.5. The van der Waals surface area contributed by atoms with Gasteiger partial charge < -0.3 is 14.5 Å². The summed E-state index contributed by atoms with van der Waals surface area (Å²) in [6.45, 7) is 2.91. The van der Waals surface area contributed by atoms with E-state index in [2.05, 4.69) is 17.0 Å². The van der Waals surface area contributed by atoms with Crippen molar-refractivity contribution < 1.29 is 13.9 Å².